The molecule has 0 radical (unpaired) electrons. The topological polar surface area (TPSA) is 84.2 Å². The average Bonchev–Trinajstić information content (AvgIpc) is 2.25. The molecule has 18 heavy (non-hydrogen) atoms. The summed E-state index contributed by atoms with van der Waals surface area (Å²) in [6.07, 6.45) is -4.45. The molecule has 0 heterocycles. The van der Waals surface area contributed by atoms with Crippen molar-refractivity contribution in [3.05, 3.63) is 29.8 Å². The normalized spacial score (nSPS) is 10.8. The van der Waals surface area contributed by atoms with E-state index < -0.39 is 23.7 Å². The average molecular weight is 261 g/mol. The van der Waals surface area contributed by atoms with E-state index in [9.17, 15) is 22.8 Å². The van der Waals surface area contributed by atoms with Gasteiger partial charge in [0.1, 0.15) is 0 Å². The van der Waals surface area contributed by atoms with Crippen molar-refractivity contribution in [1.29, 1.82) is 0 Å². The molecule has 0 unspecified atom stereocenters. The van der Waals surface area contributed by atoms with Crippen molar-refractivity contribution in [1.82, 2.24) is 5.32 Å². The Kier molecular flexibility index (Phi) is 4.13. The van der Waals surface area contributed by atoms with Gasteiger partial charge < -0.3 is 11.1 Å². The number of carbonyl (C=O) groups is 2. The van der Waals surface area contributed by atoms with E-state index in [-0.39, 0.29) is 12.2 Å². The highest BCUT2D eigenvalue weighted by Crippen LogP contribution is 2.30. The fraction of sp³-hybridized carbons (Fsp3) is 0.200. The second kappa shape index (κ2) is 5.39. The monoisotopic (exact) mass is 261 g/mol. The molecular weight excluding hydrogens is 251 g/mol. The molecule has 0 saturated carbocycles. The van der Waals surface area contributed by atoms with Gasteiger partial charge in [0.25, 0.3) is 0 Å². The zero-order chi connectivity index (χ0) is 13.8. The van der Waals surface area contributed by atoms with E-state index in [1.807, 2.05) is 0 Å². The number of halogens is 3. The summed E-state index contributed by atoms with van der Waals surface area (Å²) in [7, 11) is 0. The number of benzene rings is 1. The number of primary amides is 1. The number of anilines is 1. The summed E-state index contributed by atoms with van der Waals surface area (Å²) >= 11 is 0. The first-order chi connectivity index (χ1) is 8.29. The Bertz CT molecular complexity index is 460. The van der Waals surface area contributed by atoms with E-state index in [1.54, 1.807) is 5.32 Å². The van der Waals surface area contributed by atoms with Crippen LogP contribution in [0.2, 0.25) is 0 Å². The largest absolute Gasteiger partial charge is 0.416 e. The Morgan fingerprint density at radius 2 is 1.94 bits per heavy atom. The lowest BCUT2D eigenvalue weighted by Gasteiger charge is -2.10. The van der Waals surface area contributed by atoms with Crippen LogP contribution in [0.5, 0.6) is 0 Å². The van der Waals surface area contributed by atoms with E-state index in [0.29, 0.717) is 0 Å². The minimum absolute atomic E-state index is 0.115. The Morgan fingerprint density at radius 3 is 2.50 bits per heavy atom. The molecule has 1 aromatic rings. The van der Waals surface area contributed by atoms with E-state index in [2.05, 4.69) is 5.32 Å². The lowest BCUT2D eigenvalue weighted by molar-refractivity contribution is -0.137. The summed E-state index contributed by atoms with van der Waals surface area (Å²) in [5, 5.41) is 4.22. The van der Waals surface area contributed by atoms with Crippen molar-refractivity contribution in [2.75, 3.05) is 11.9 Å². The number of nitrogens with one attached hydrogen (secondary N) is 2. The van der Waals surface area contributed by atoms with Crippen molar-refractivity contribution in [2.45, 2.75) is 6.18 Å². The minimum atomic E-state index is -4.45. The summed E-state index contributed by atoms with van der Waals surface area (Å²) < 4.78 is 37.1. The number of urea groups is 1. The first-order valence-electron chi connectivity index (χ1n) is 4.79. The van der Waals surface area contributed by atoms with Crippen LogP contribution in [0.15, 0.2) is 24.3 Å². The van der Waals surface area contributed by atoms with Gasteiger partial charge in [-0.25, -0.2) is 4.79 Å². The Balaban J connectivity index is 2.63. The van der Waals surface area contributed by atoms with Crippen LogP contribution in [0, 0.1) is 0 Å². The lowest BCUT2D eigenvalue weighted by atomic mass is 10.2. The number of nitrogens with two attached hydrogens (primary N) is 1. The SMILES string of the molecule is NC(=O)NC(=O)CNc1cccc(C(F)(F)F)c1. The van der Waals surface area contributed by atoms with Crippen molar-refractivity contribution in [2.24, 2.45) is 5.73 Å². The molecule has 5 nitrogen and oxygen atoms in total. The molecule has 3 amide bonds. The number of amides is 3. The van der Waals surface area contributed by atoms with Crippen LogP contribution in [0.25, 0.3) is 0 Å². The number of imide groups is 1. The maximum Gasteiger partial charge on any atom is 0.416 e. The molecule has 8 heteroatoms. The highest BCUT2D eigenvalue weighted by Gasteiger charge is 2.30. The molecule has 0 saturated heterocycles. The number of rotatable bonds is 3. The third-order valence-electron chi connectivity index (χ3n) is 1.91. The molecule has 98 valence electrons. The number of carbonyl (C=O) groups excluding carboxylic acids is 2. The molecule has 0 spiro atoms. The summed E-state index contributed by atoms with van der Waals surface area (Å²) in [6.45, 7) is -0.357. The van der Waals surface area contributed by atoms with Crippen LogP contribution in [-0.2, 0) is 11.0 Å². The zero-order valence-electron chi connectivity index (χ0n) is 9.04. The molecule has 0 aliphatic rings. The van der Waals surface area contributed by atoms with Gasteiger partial charge in [-0.1, -0.05) is 6.07 Å². The first kappa shape index (κ1) is 13.8. The maximum atomic E-state index is 12.4. The van der Waals surface area contributed by atoms with Crippen LogP contribution >= 0.6 is 0 Å². The second-order valence-electron chi connectivity index (χ2n) is 3.34. The Hall–Kier alpha value is -2.25. The molecule has 0 fully saturated rings. The van der Waals surface area contributed by atoms with E-state index in [0.717, 1.165) is 12.1 Å². The Morgan fingerprint density at radius 1 is 1.28 bits per heavy atom. The molecule has 0 aliphatic carbocycles. The van der Waals surface area contributed by atoms with Gasteiger partial charge >= 0.3 is 12.2 Å². The van der Waals surface area contributed by atoms with Crippen molar-refractivity contribution in [3.8, 4) is 0 Å². The van der Waals surface area contributed by atoms with Gasteiger partial charge in [0.2, 0.25) is 5.91 Å². The quantitative estimate of drug-likeness (QED) is 0.767. The lowest BCUT2D eigenvalue weighted by Crippen LogP contribution is -2.38. The van der Waals surface area contributed by atoms with Crippen molar-refractivity contribution < 1.29 is 22.8 Å². The third-order valence-corrected chi connectivity index (χ3v) is 1.91. The number of hydrogen-bond acceptors (Lipinski definition) is 3. The molecule has 4 N–H and O–H groups in total. The molecule has 0 atom stereocenters. The van der Waals surface area contributed by atoms with Crippen LogP contribution in [0.1, 0.15) is 5.56 Å². The summed E-state index contributed by atoms with van der Waals surface area (Å²) in [5.74, 6) is -0.736. The minimum Gasteiger partial charge on any atom is -0.376 e. The fourth-order valence-corrected chi connectivity index (χ4v) is 1.17. The standard InChI is InChI=1S/C10H10F3N3O2/c11-10(12,13)6-2-1-3-7(4-6)15-5-8(17)16-9(14)18/h1-4,15H,5H2,(H3,14,16,17,18). The van der Waals surface area contributed by atoms with Gasteiger partial charge in [-0.2, -0.15) is 13.2 Å². The van der Waals surface area contributed by atoms with Crippen LogP contribution in [0.4, 0.5) is 23.7 Å². The van der Waals surface area contributed by atoms with E-state index in [1.165, 1.54) is 12.1 Å². The van der Waals surface area contributed by atoms with Crippen LogP contribution < -0.4 is 16.4 Å². The maximum absolute atomic E-state index is 12.4. The molecule has 1 rings (SSSR count). The van der Waals surface area contributed by atoms with Crippen molar-refractivity contribution >= 4 is 17.6 Å². The predicted octanol–water partition coefficient (Wildman–Crippen LogP) is 1.31. The van der Waals surface area contributed by atoms with Gasteiger partial charge in [-0.3, -0.25) is 10.1 Å². The summed E-state index contributed by atoms with van der Waals surface area (Å²) in [5.41, 5.74) is 3.98. The van der Waals surface area contributed by atoms with E-state index >= 15 is 0 Å². The number of alkyl halides is 3. The third kappa shape index (κ3) is 4.32. The number of hydrogen-bond donors (Lipinski definition) is 3. The van der Waals surface area contributed by atoms with Gasteiger partial charge in [0.05, 0.1) is 12.1 Å². The highest BCUT2D eigenvalue weighted by molar-refractivity contribution is 5.95. The van der Waals surface area contributed by atoms with Gasteiger partial charge in [-0.05, 0) is 18.2 Å². The highest BCUT2D eigenvalue weighted by atomic mass is 19.4. The zero-order valence-corrected chi connectivity index (χ0v) is 9.04. The van der Waals surface area contributed by atoms with Gasteiger partial charge in [0, 0.05) is 5.69 Å². The molecule has 0 bridgehead atoms. The molecule has 1 aromatic carbocycles. The van der Waals surface area contributed by atoms with Gasteiger partial charge in [0.15, 0.2) is 0 Å². The summed E-state index contributed by atoms with van der Waals surface area (Å²) in [6, 6.07) is 3.32. The van der Waals surface area contributed by atoms with Crippen LogP contribution in [0.3, 0.4) is 0 Å². The molecule has 0 aromatic heterocycles. The smallest absolute Gasteiger partial charge is 0.376 e. The molecule has 0 aliphatic heterocycles. The fourth-order valence-electron chi connectivity index (χ4n) is 1.17. The molecular formula is C10H10F3N3O2. The Labute approximate surface area is 100 Å². The van der Waals surface area contributed by atoms with Crippen molar-refractivity contribution in [3.63, 3.8) is 0 Å². The van der Waals surface area contributed by atoms with Gasteiger partial charge in [-0.15, -0.1) is 0 Å². The summed E-state index contributed by atoms with van der Waals surface area (Å²) in [4.78, 5) is 21.3. The van der Waals surface area contributed by atoms with Crippen LogP contribution in [-0.4, -0.2) is 18.5 Å². The second-order valence-corrected chi connectivity index (χ2v) is 3.34. The van der Waals surface area contributed by atoms with E-state index in [4.69, 9.17) is 5.73 Å². The first-order valence-corrected chi connectivity index (χ1v) is 4.79. The predicted molar refractivity (Wildman–Crippen MR) is 57.7 cm³/mol.